The number of aromatic nitrogens is 2. The third-order valence-corrected chi connectivity index (χ3v) is 4.47. The van der Waals surface area contributed by atoms with Gasteiger partial charge in [0.15, 0.2) is 0 Å². The average Bonchev–Trinajstić information content (AvgIpc) is 3.07. The van der Waals surface area contributed by atoms with Gasteiger partial charge >= 0.3 is 0 Å². The third kappa shape index (κ3) is 4.47. The lowest BCUT2D eigenvalue weighted by atomic mass is 10.1. The quantitative estimate of drug-likeness (QED) is 0.828. The van der Waals surface area contributed by atoms with Gasteiger partial charge in [0.05, 0.1) is 19.3 Å². The fourth-order valence-corrected chi connectivity index (χ4v) is 3.04. The maximum atomic E-state index is 12.0. The Hall–Kier alpha value is -2.63. The number of methoxy groups -OCH3 is 1. The van der Waals surface area contributed by atoms with Gasteiger partial charge in [0.1, 0.15) is 5.75 Å². The number of hydrogen-bond donors (Lipinski definition) is 1. The molecule has 1 aromatic carbocycles. The van der Waals surface area contributed by atoms with Gasteiger partial charge in [-0.1, -0.05) is 12.1 Å². The molecule has 1 heterocycles. The molecule has 1 aliphatic rings. The molecule has 1 aromatic heterocycles. The van der Waals surface area contributed by atoms with Crippen molar-refractivity contribution in [3.05, 3.63) is 57.5 Å². The fourth-order valence-electron chi connectivity index (χ4n) is 3.04. The lowest BCUT2D eigenvalue weighted by molar-refractivity contribution is -0.121. The summed E-state index contributed by atoms with van der Waals surface area (Å²) in [6.45, 7) is 0.813. The van der Waals surface area contributed by atoms with Crippen LogP contribution in [0.3, 0.4) is 0 Å². The fraction of sp³-hybridized carbons (Fsp3) is 0.421. The summed E-state index contributed by atoms with van der Waals surface area (Å²) in [5.74, 6) is 0.783. The van der Waals surface area contributed by atoms with Crippen LogP contribution >= 0.6 is 0 Å². The molecule has 0 aliphatic heterocycles. The molecule has 0 bridgehead atoms. The summed E-state index contributed by atoms with van der Waals surface area (Å²) in [5, 5.41) is 7.26. The van der Waals surface area contributed by atoms with Crippen LogP contribution in [0.4, 0.5) is 0 Å². The molecule has 25 heavy (non-hydrogen) atoms. The van der Waals surface area contributed by atoms with Crippen LogP contribution in [0, 0.1) is 0 Å². The van der Waals surface area contributed by atoms with E-state index in [1.54, 1.807) is 13.2 Å². The van der Waals surface area contributed by atoms with Crippen molar-refractivity contribution in [3.63, 3.8) is 0 Å². The summed E-state index contributed by atoms with van der Waals surface area (Å²) >= 11 is 0. The zero-order chi connectivity index (χ0) is 17.6. The Bertz CT molecular complexity index is 797. The van der Waals surface area contributed by atoms with Crippen molar-refractivity contribution in [2.75, 3.05) is 13.7 Å². The number of fused-ring (bicyclic) bond motifs is 1. The monoisotopic (exact) mass is 341 g/mol. The van der Waals surface area contributed by atoms with Gasteiger partial charge in [0.25, 0.3) is 5.56 Å². The van der Waals surface area contributed by atoms with E-state index in [1.165, 1.54) is 4.68 Å². The molecule has 6 heteroatoms. The van der Waals surface area contributed by atoms with E-state index in [4.69, 9.17) is 4.74 Å². The van der Waals surface area contributed by atoms with Crippen LogP contribution in [0.25, 0.3) is 0 Å². The van der Waals surface area contributed by atoms with E-state index in [-0.39, 0.29) is 11.5 Å². The molecule has 2 aromatic rings. The zero-order valence-electron chi connectivity index (χ0n) is 14.5. The number of carbonyl (C=O) groups is 1. The van der Waals surface area contributed by atoms with Gasteiger partial charge in [-0.2, -0.15) is 5.10 Å². The first kappa shape index (κ1) is 17.2. The number of nitrogens with zero attached hydrogens (tertiary/aromatic N) is 2. The number of hydrogen-bond acceptors (Lipinski definition) is 4. The molecular weight excluding hydrogens is 318 g/mol. The predicted molar refractivity (Wildman–Crippen MR) is 94.8 cm³/mol. The summed E-state index contributed by atoms with van der Waals surface area (Å²) in [6.07, 6.45) is 4.03. The highest BCUT2D eigenvalue weighted by atomic mass is 16.5. The second-order valence-corrected chi connectivity index (χ2v) is 6.23. The van der Waals surface area contributed by atoms with Crippen molar-refractivity contribution in [3.8, 4) is 5.75 Å². The molecule has 0 fully saturated rings. The van der Waals surface area contributed by atoms with E-state index in [9.17, 15) is 9.59 Å². The van der Waals surface area contributed by atoms with Crippen LogP contribution in [0.1, 0.15) is 29.7 Å². The zero-order valence-corrected chi connectivity index (χ0v) is 14.5. The van der Waals surface area contributed by atoms with Crippen molar-refractivity contribution in [1.29, 1.82) is 0 Å². The molecule has 132 valence electrons. The lowest BCUT2D eigenvalue weighted by Gasteiger charge is -2.08. The minimum atomic E-state index is -0.0897. The molecule has 0 saturated carbocycles. The first-order valence-electron chi connectivity index (χ1n) is 8.65. The van der Waals surface area contributed by atoms with Crippen LogP contribution in [0.5, 0.6) is 5.75 Å². The van der Waals surface area contributed by atoms with Crippen molar-refractivity contribution in [1.82, 2.24) is 15.1 Å². The van der Waals surface area contributed by atoms with Crippen molar-refractivity contribution < 1.29 is 9.53 Å². The summed E-state index contributed by atoms with van der Waals surface area (Å²) < 4.78 is 6.57. The van der Waals surface area contributed by atoms with Gasteiger partial charge in [0, 0.05) is 19.0 Å². The van der Waals surface area contributed by atoms with Crippen LogP contribution < -0.4 is 15.6 Å². The smallest absolute Gasteiger partial charge is 0.267 e. The Balaban J connectivity index is 1.44. The van der Waals surface area contributed by atoms with Crippen LogP contribution in [-0.2, 0) is 30.6 Å². The largest absolute Gasteiger partial charge is 0.497 e. The number of rotatable bonds is 7. The number of aryl methyl sites for hydroxylation is 3. The Morgan fingerprint density at radius 1 is 1.28 bits per heavy atom. The van der Waals surface area contributed by atoms with Gasteiger partial charge in [-0.3, -0.25) is 9.59 Å². The maximum absolute atomic E-state index is 12.0. The maximum Gasteiger partial charge on any atom is 0.267 e. The van der Waals surface area contributed by atoms with Crippen LogP contribution in [0.2, 0.25) is 0 Å². The Morgan fingerprint density at radius 3 is 2.84 bits per heavy atom. The first-order chi connectivity index (χ1) is 12.2. The molecule has 0 unspecified atom stereocenters. The highest BCUT2D eigenvalue weighted by Crippen LogP contribution is 2.16. The third-order valence-electron chi connectivity index (χ3n) is 4.47. The summed E-state index contributed by atoms with van der Waals surface area (Å²) in [7, 11) is 1.63. The minimum absolute atomic E-state index is 0.0231. The first-order valence-corrected chi connectivity index (χ1v) is 8.65. The molecule has 0 atom stereocenters. The second-order valence-electron chi connectivity index (χ2n) is 6.23. The molecule has 3 rings (SSSR count). The molecule has 0 radical (unpaired) electrons. The number of carbonyl (C=O) groups excluding carboxylic acids is 1. The second kappa shape index (κ2) is 7.96. The van der Waals surface area contributed by atoms with E-state index >= 15 is 0 Å². The van der Waals surface area contributed by atoms with E-state index in [0.717, 1.165) is 41.8 Å². The topological polar surface area (TPSA) is 73.2 Å². The molecule has 1 aliphatic carbocycles. The summed E-state index contributed by atoms with van der Waals surface area (Å²) in [6, 6.07) is 9.37. The number of nitrogens with one attached hydrogen (secondary N) is 1. The van der Waals surface area contributed by atoms with E-state index in [1.807, 2.05) is 24.3 Å². The number of ether oxygens (including phenoxy) is 1. The van der Waals surface area contributed by atoms with Crippen molar-refractivity contribution >= 4 is 5.91 Å². The molecule has 1 N–H and O–H groups in total. The number of amides is 1. The highest BCUT2D eigenvalue weighted by Gasteiger charge is 2.14. The van der Waals surface area contributed by atoms with Gasteiger partial charge in [-0.05, 0) is 48.9 Å². The average molecular weight is 341 g/mol. The summed E-state index contributed by atoms with van der Waals surface area (Å²) in [4.78, 5) is 24.0. The van der Waals surface area contributed by atoms with Crippen LogP contribution in [-0.4, -0.2) is 29.3 Å². The molecule has 0 spiro atoms. The Morgan fingerprint density at radius 2 is 2.08 bits per heavy atom. The van der Waals surface area contributed by atoms with E-state index in [2.05, 4.69) is 10.4 Å². The molecule has 0 saturated heterocycles. The predicted octanol–water partition coefficient (Wildman–Crippen LogP) is 1.49. The molecule has 1 amide bonds. The lowest BCUT2D eigenvalue weighted by Crippen LogP contribution is -2.32. The van der Waals surface area contributed by atoms with Crippen LogP contribution in [0.15, 0.2) is 35.1 Å². The standard InChI is InChI=1S/C19H23N3O3/c1-25-16-8-5-14(6-9-16)7-10-18(23)20-11-12-22-19(24)13-15-3-2-4-17(15)21-22/h5-6,8-9,13H,2-4,7,10-12H2,1H3,(H,20,23). The minimum Gasteiger partial charge on any atom is -0.497 e. The normalized spacial score (nSPS) is 12.7. The SMILES string of the molecule is COc1ccc(CCC(=O)NCCn2nc3c(cc2=O)CCC3)cc1. The van der Waals surface area contributed by atoms with Crippen molar-refractivity contribution in [2.45, 2.75) is 38.6 Å². The Labute approximate surface area is 146 Å². The molecular formula is C19H23N3O3. The highest BCUT2D eigenvalue weighted by molar-refractivity contribution is 5.76. The van der Waals surface area contributed by atoms with E-state index < -0.39 is 0 Å². The molecule has 6 nitrogen and oxygen atoms in total. The van der Waals surface area contributed by atoms with Gasteiger partial charge in [-0.25, -0.2) is 4.68 Å². The number of benzene rings is 1. The van der Waals surface area contributed by atoms with Crippen molar-refractivity contribution in [2.24, 2.45) is 0 Å². The van der Waals surface area contributed by atoms with E-state index in [0.29, 0.717) is 25.9 Å². The van der Waals surface area contributed by atoms with Gasteiger partial charge < -0.3 is 10.1 Å². The van der Waals surface area contributed by atoms with Gasteiger partial charge in [-0.15, -0.1) is 0 Å². The van der Waals surface area contributed by atoms with Gasteiger partial charge in [0.2, 0.25) is 5.91 Å². The Kier molecular flexibility index (Phi) is 5.48. The summed E-state index contributed by atoms with van der Waals surface area (Å²) in [5.41, 5.74) is 3.09.